The quantitative estimate of drug-likeness (QED) is 0.859. The fourth-order valence-electron chi connectivity index (χ4n) is 2.88. The average Bonchev–Trinajstić information content (AvgIpc) is 2.66. The van der Waals surface area contributed by atoms with Crippen molar-refractivity contribution in [1.82, 2.24) is 9.55 Å². The summed E-state index contributed by atoms with van der Waals surface area (Å²) in [6, 6.07) is 0.459. The first-order chi connectivity index (χ1) is 8.87. The highest BCUT2D eigenvalue weighted by atomic mass is 32.2. The Morgan fingerprint density at radius 1 is 1.63 bits per heavy atom. The van der Waals surface area contributed by atoms with Crippen LogP contribution in [0.3, 0.4) is 0 Å². The molecule has 0 bridgehead atoms. The van der Waals surface area contributed by atoms with Crippen LogP contribution >= 0.6 is 11.8 Å². The first kappa shape index (κ1) is 14.4. The van der Waals surface area contributed by atoms with Crippen molar-refractivity contribution in [2.45, 2.75) is 57.7 Å². The van der Waals surface area contributed by atoms with Crippen molar-refractivity contribution in [2.75, 3.05) is 5.75 Å². The van der Waals surface area contributed by atoms with E-state index in [4.69, 9.17) is 5.11 Å². The number of aryl methyl sites for hydroxylation is 1. The number of rotatable bonds is 4. The Kier molecular flexibility index (Phi) is 4.23. The van der Waals surface area contributed by atoms with Gasteiger partial charge in [-0.05, 0) is 31.6 Å². The second-order valence-corrected chi connectivity index (χ2v) is 7.11. The fourth-order valence-corrected chi connectivity index (χ4v) is 3.70. The molecule has 1 saturated carbocycles. The molecule has 1 heterocycles. The highest BCUT2D eigenvalue weighted by molar-refractivity contribution is 7.99. The van der Waals surface area contributed by atoms with Gasteiger partial charge in [-0.1, -0.05) is 32.0 Å². The van der Waals surface area contributed by atoms with Crippen LogP contribution in [0.25, 0.3) is 0 Å². The van der Waals surface area contributed by atoms with E-state index in [9.17, 15) is 4.79 Å². The van der Waals surface area contributed by atoms with Gasteiger partial charge in [-0.15, -0.1) is 0 Å². The summed E-state index contributed by atoms with van der Waals surface area (Å²) in [6.45, 7) is 6.59. The molecule has 19 heavy (non-hydrogen) atoms. The summed E-state index contributed by atoms with van der Waals surface area (Å²) in [5, 5.41) is 9.66. The Morgan fingerprint density at radius 2 is 2.37 bits per heavy atom. The summed E-state index contributed by atoms with van der Waals surface area (Å²) in [5.41, 5.74) is 1.34. The minimum absolute atomic E-state index is 0.0760. The van der Waals surface area contributed by atoms with Gasteiger partial charge in [-0.3, -0.25) is 4.79 Å². The number of carboxylic acid groups (broad SMARTS) is 1. The molecule has 0 aromatic carbocycles. The Balaban J connectivity index is 2.16. The zero-order chi connectivity index (χ0) is 14.0. The van der Waals surface area contributed by atoms with E-state index < -0.39 is 5.97 Å². The normalized spacial score (nSPS) is 22.4. The summed E-state index contributed by atoms with van der Waals surface area (Å²) in [4.78, 5) is 15.2. The molecule has 0 radical (unpaired) electrons. The van der Waals surface area contributed by atoms with Crippen molar-refractivity contribution in [3.8, 4) is 0 Å². The van der Waals surface area contributed by atoms with Crippen LogP contribution in [-0.4, -0.2) is 26.4 Å². The summed E-state index contributed by atoms with van der Waals surface area (Å²) in [7, 11) is 0. The van der Waals surface area contributed by atoms with Gasteiger partial charge in [0.05, 0.1) is 11.4 Å². The molecule has 1 N–H and O–H groups in total. The van der Waals surface area contributed by atoms with Crippen molar-refractivity contribution in [2.24, 2.45) is 5.41 Å². The Bertz CT molecular complexity index is 468. The van der Waals surface area contributed by atoms with Crippen molar-refractivity contribution < 1.29 is 9.90 Å². The van der Waals surface area contributed by atoms with E-state index in [2.05, 4.69) is 29.6 Å². The van der Waals surface area contributed by atoms with E-state index in [-0.39, 0.29) is 5.75 Å². The maximum atomic E-state index is 10.7. The average molecular weight is 282 g/mol. The van der Waals surface area contributed by atoms with Crippen molar-refractivity contribution in [1.29, 1.82) is 0 Å². The maximum absolute atomic E-state index is 10.7. The van der Waals surface area contributed by atoms with Crippen molar-refractivity contribution in [3.63, 3.8) is 0 Å². The highest BCUT2D eigenvalue weighted by Gasteiger charge is 2.30. The summed E-state index contributed by atoms with van der Waals surface area (Å²) < 4.78 is 2.20. The summed E-state index contributed by atoms with van der Waals surface area (Å²) in [6.07, 6.45) is 6.88. The van der Waals surface area contributed by atoms with Gasteiger partial charge in [0, 0.05) is 12.2 Å². The molecule has 0 amide bonds. The molecule has 106 valence electrons. The number of hydrogen-bond acceptors (Lipinski definition) is 3. The van der Waals surface area contributed by atoms with Crippen LogP contribution in [0.5, 0.6) is 0 Å². The number of aliphatic carboxylic acids is 1. The molecule has 1 atom stereocenters. The van der Waals surface area contributed by atoms with Gasteiger partial charge in [0.15, 0.2) is 5.16 Å². The third kappa shape index (κ3) is 3.75. The third-order valence-electron chi connectivity index (χ3n) is 3.72. The molecular weight excluding hydrogens is 260 g/mol. The minimum atomic E-state index is -0.791. The molecule has 1 aliphatic carbocycles. The highest BCUT2D eigenvalue weighted by Crippen LogP contribution is 2.42. The van der Waals surface area contributed by atoms with Gasteiger partial charge in [0.1, 0.15) is 0 Å². The molecule has 0 spiro atoms. The molecule has 1 aromatic rings. The molecule has 2 rings (SSSR count). The van der Waals surface area contributed by atoms with Gasteiger partial charge in [0.25, 0.3) is 0 Å². The number of carboxylic acids is 1. The molecule has 1 unspecified atom stereocenters. The molecule has 4 nitrogen and oxygen atoms in total. The molecule has 1 aliphatic rings. The van der Waals surface area contributed by atoms with Gasteiger partial charge < -0.3 is 9.67 Å². The molecule has 1 fully saturated rings. The number of thioether (sulfide) groups is 1. The lowest BCUT2D eigenvalue weighted by Gasteiger charge is -2.36. The van der Waals surface area contributed by atoms with E-state index in [0.717, 1.165) is 17.3 Å². The summed E-state index contributed by atoms with van der Waals surface area (Å²) in [5.74, 6) is -0.715. The van der Waals surface area contributed by atoms with Crippen LogP contribution in [0, 0.1) is 12.3 Å². The van der Waals surface area contributed by atoms with Gasteiger partial charge in [-0.2, -0.15) is 0 Å². The van der Waals surface area contributed by atoms with Crippen LogP contribution < -0.4 is 0 Å². The predicted molar refractivity (Wildman–Crippen MR) is 76.6 cm³/mol. The second-order valence-electron chi connectivity index (χ2n) is 6.17. The predicted octanol–water partition coefficient (Wildman–Crippen LogP) is 3.51. The van der Waals surface area contributed by atoms with Crippen molar-refractivity contribution in [3.05, 3.63) is 11.9 Å². The minimum Gasteiger partial charge on any atom is -0.481 e. The molecular formula is C14H22N2O2S. The molecule has 0 aliphatic heterocycles. The van der Waals surface area contributed by atoms with E-state index in [1.165, 1.54) is 31.0 Å². The second kappa shape index (κ2) is 5.57. The number of carbonyl (C=O) groups is 1. The Hall–Kier alpha value is -0.970. The van der Waals surface area contributed by atoms with Gasteiger partial charge >= 0.3 is 5.97 Å². The van der Waals surface area contributed by atoms with Crippen LogP contribution in [0.1, 0.15) is 51.3 Å². The third-order valence-corrected chi connectivity index (χ3v) is 4.67. The first-order valence-electron chi connectivity index (χ1n) is 6.77. The maximum Gasteiger partial charge on any atom is 0.313 e. The Morgan fingerprint density at radius 3 is 3.00 bits per heavy atom. The molecule has 0 saturated heterocycles. The van der Waals surface area contributed by atoms with E-state index in [1.807, 2.05) is 6.92 Å². The lowest BCUT2D eigenvalue weighted by atomic mass is 9.75. The van der Waals surface area contributed by atoms with E-state index >= 15 is 0 Å². The summed E-state index contributed by atoms with van der Waals surface area (Å²) >= 11 is 1.32. The monoisotopic (exact) mass is 282 g/mol. The lowest BCUT2D eigenvalue weighted by molar-refractivity contribution is -0.133. The van der Waals surface area contributed by atoms with E-state index in [0.29, 0.717) is 11.5 Å². The zero-order valence-corrected chi connectivity index (χ0v) is 12.7. The number of hydrogen-bond donors (Lipinski definition) is 1. The number of aromatic nitrogens is 2. The fraction of sp³-hybridized carbons (Fsp3) is 0.714. The first-order valence-corrected chi connectivity index (χ1v) is 7.76. The number of nitrogens with zero attached hydrogens (tertiary/aromatic N) is 2. The van der Waals surface area contributed by atoms with Crippen molar-refractivity contribution >= 4 is 17.7 Å². The standard InChI is InChI=1S/C14H22N2O2S/c1-10-8-16(13(15-10)19-9-12(17)18)11-5-4-6-14(2,3)7-11/h8,11H,4-7,9H2,1-3H3,(H,17,18). The van der Waals surface area contributed by atoms with Gasteiger partial charge in [0.2, 0.25) is 0 Å². The lowest BCUT2D eigenvalue weighted by Crippen LogP contribution is -2.25. The van der Waals surface area contributed by atoms with Crippen LogP contribution in [0.4, 0.5) is 0 Å². The SMILES string of the molecule is Cc1cn(C2CCCC(C)(C)C2)c(SCC(=O)O)n1. The Labute approximate surface area is 118 Å². The molecule has 1 aromatic heterocycles. The van der Waals surface area contributed by atoms with Gasteiger partial charge in [-0.25, -0.2) is 4.98 Å². The smallest absolute Gasteiger partial charge is 0.313 e. The van der Waals surface area contributed by atoms with Crippen LogP contribution in [0.15, 0.2) is 11.4 Å². The zero-order valence-electron chi connectivity index (χ0n) is 11.8. The molecule has 5 heteroatoms. The largest absolute Gasteiger partial charge is 0.481 e. The number of imidazole rings is 1. The van der Waals surface area contributed by atoms with E-state index in [1.54, 1.807) is 0 Å². The van der Waals surface area contributed by atoms with Crippen LogP contribution in [0.2, 0.25) is 0 Å². The van der Waals surface area contributed by atoms with Crippen LogP contribution in [-0.2, 0) is 4.79 Å². The topological polar surface area (TPSA) is 55.1 Å².